The van der Waals surface area contributed by atoms with Crippen LogP contribution in [0.3, 0.4) is 0 Å². The summed E-state index contributed by atoms with van der Waals surface area (Å²) < 4.78 is 1.41. The summed E-state index contributed by atoms with van der Waals surface area (Å²) >= 11 is 0. The lowest BCUT2D eigenvalue weighted by molar-refractivity contribution is -0.116. The number of nitrogens with one attached hydrogen (secondary N) is 2. The standard InChI is InChI=1S/C26H26N4O3/c1-15-11-17(3)23(18(4)12-15)27-21(31)14-30-19(5)13-16(2)22(26(30)32)25-28-24(29-33-25)20-9-7-6-8-10-20/h6-13H,2,14H2,1,3-5H3,(H,27,31)(H,28,29). The van der Waals surface area contributed by atoms with Gasteiger partial charge in [0.25, 0.3) is 11.4 Å². The highest BCUT2D eigenvalue weighted by Crippen LogP contribution is 2.21. The molecule has 0 saturated carbocycles. The molecule has 0 saturated heterocycles. The number of hydrogen-bond donors (Lipinski definition) is 2. The molecule has 0 fully saturated rings. The van der Waals surface area contributed by atoms with Gasteiger partial charge in [0, 0.05) is 16.9 Å². The van der Waals surface area contributed by atoms with E-state index in [9.17, 15) is 9.59 Å². The van der Waals surface area contributed by atoms with Crippen LogP contribution in [0, 0.1) is 27.7 Å². The maximum atomic E-state index is 13.4. The molecule has 1 aliphatic heterocycles. The van der Waals surface area contributed by atoms with Gasteiger partial charge in [-0.3, -0.25) is 9.59 Å². The molecule has 0 bridgehead atoms. The first-order chi connectivity index (χ1) is 15.7. The summed E-state index contributed by atoms with van der Waals surface area (Å²) in [5.41, 5.74) is 7.67. The monoisotopic (exact) mass is 442 g/mol. The van der Waals surface area contributed by atoms with E-state index in [0.29, 0.717) is 16.7 Å². The normalized spacial score (nSPS) is 14.4. The lowest BCUT2D eigenvalue weighted by atomic mass is 10.1. The molecule has 0 spiro atoms. The van der Waals surface area contributed by atoms with Crippen molar-refractivity contribution in [1.82, 2.24) is 10.0 Å². The topological polar surface area (TPSA) is 84.7 Å². The number of aryl methyl sites for hydroxylation is 4. The molecule has 0 atom stereocenters. The summed E-state index contributed by atoms with van der Waals surface area (Å²) in [4.78, 5) is 36.2. The fourth-order valence-corrected chi connectivity index (χ4v) is 4.03. The van der Waals surface area contributed by atoms with Crippen LogP contribution in [0.15, 0.2) is 58.3 Å². The summed E-state index contributed by atoms with van der Waals surface area (Å²) in [6.07, 6.45) is 0. The van der Waals surface area contributed by atoms with Gasteiger partial charge < -0.3 is 14.7 Å². The Morgan fingerprint density at radius 1 is 1.09 bits per heavy atom. The maximum absolute atomic E-state index is 13.4. The fraction of sp³-hybridized carbons (Fsp3) is 0.192. The molecule has 7 nitrogen and oxygen atoms in total. The fourth-order valence-electron chi connectivity index (χ4n) is 4.03. The van der Waals surface area contributed by atoms with Crippen LogP contribution in [0.1, 0.15) is 27.9 Å². The molecular formula is C26H26N4O3. The maximum Gasteiger partial charge on any atom is 0.264 e. The second-order valence-corrected chi connectivity index (χ2v) is 8.23. The second kappa shape index (κ2) is 8.78. The average Bonchev–Trinajstić information content (AvgIpc) is 3.24. The number of aromatic nitrogens is 1. The minimum absolute atomic E-state index is 0.128. The number of nitrogens with zero attached hydrogens (tertiary/aromatic N) is 2. The Hall–Kier alpha value is -4.13. The van der Waals surface area contributed by atoms with Crippen molar-refractivity contribution < 1.29 is 9.63 Å². The molecule has 7 heteroatoms. The van der Waals surface area contributed by atoms with Crippen molar-refractivity contribution in [3.8, 4) is 0 Å². The van der Waals surface area contributed by atoms with E-state index >= 15 is 0 Å². The Balaban J connectivity index is 1.71. The third-order valence-corrected chi connectivity index (χ3v) is 5.55. The number of anilines is 1. The predicted molar refractivity (Wildman–Crippen MR) is 130 cm³/mol. The van der Waals surface area contributed by atoms with E-state index in [1.807, 2.05) is 63.2 Å². The predicted octanol–water partition coefficient (Wildman–Crippen LogP) is 2.18. The zero-order chi connectivity index (χ0) is 23.7. The third-order valence-electron chi connectivity index (χ3n) is 5.55. The summed E-state index contributed by atoms with van der Waals surface area (Å²) in [5.74, 6) is 0.338. The van der Waals surface area contributed by atoms with Crippen LogP contribution in [-0.2, 0) is 16.2 Å². The van der Waals surface area contributed by atoms with E-state index < -0.39 is 0 Å². The van der Waals surface area contributed by atoms with Gasteiger partial charge in [-0.1, -0.05) is 54.6 Å². The quantitative estimate of drug-likeness (QED) is 0.649. The number of amides is 1. The van der Waals surface area contributed by atoms with Crippen molar-refractivity contribution in [2.24, 2.45) is 4.99 Å². The van der Waals surface area contributed by atoms with E-state index in [1.165, 1.54) is 4.57 Å². The molecule has 168 valence electrons. The highest BCUT2D eigenvalue weighted by atomic mass is 16.7. The van der Waals surface area contributed by atoms with Crippen molar-refractivity contribution in [3.05, 3.63) is 97.3 Å². The number of carbonyl (C=O) groups excluding carboxylic acids is 1. The van der Waals surface area contributed by atoms with Gasteiger partial charge >= 0.3 is 0 Å². The lowest BCUT2D eigenvalue weighted by Crippen LogP contribution is -2.47. The summed E-state index contributed by atoms with van der Waals surface area (Å²) in [7, 11) is 0. The number of benzene rings is 2. The SMILES string of the molecule is C=c1cc(C)n(CC(=O)Nc2c(C)cc(C)cc2C)c(=O)c1=C1N=C(c2ccccc2)NO1. The summed E-state index contributed by atoms with van der Waals surface area (Å²) in [5, 5.41) is 3.65. The molecule has 1 aliphatic rings. The van der Waals surface area contributed by atoms with Crippen LogP contribution in [0.4, 0.5) is 5.69 Å². The molecule has 4 rings (SSSR count). The van der Waals surface area contributed by atoms with E-state index in [-0.39, 0.29) is 29.1 Å². The van der Waals surface area contributed by atoms with Crippen LogP contribution in [0.2, 0.25) is 0 Å². The van der Waals surface area contributed by atoms with Gasteiger partial charge in [-0.25, -0.2) is 5.48 Å². The molecule has 2 N–H and O–H groups in total. The summed E-state index contributed by atoms with van der Waals surface area (Å²) in [6, 6.07) is 15.2. The highest BCUT2D eigenvalue weighted by Gasteiger charge is 2.18. The molecule has 1 amide bonds. The first-order valence-corrected chi connectivity index (χ1v) is 10.6. The minimum atomic E-state index is -0.387. The van der Waals surface area contributed by atoms with Gasteiger partial charge in [0.1, 0.15) is 11.8 Å². The molecular weight excluding hydrogens is 416 g/mol. The Bertz CT molecular complexity index is 1430. The zero-order valence-corrected chi connectivity index (χ0v) is 19.2. The van der Waals surface area contributed by atoms with Crippen molar-refractivity contribution in [2.75, 3.05) is 5.32 Å². The first-order valence-electron chi connectivity index (χ1n) is 10.6. The lowest BCUT2D eigenvalue weighted by Gasteiger charge is -2.15. The Morgan fingerprint density at radius 2 is 1.76 bits per heavy atom. The number of rotatable bonds is 4. The van der Waals surface area contributed by atoms with Crippen LogP contribution in [-0.4, -0.2) is 16.3 Å². The van der Waals surface area contributed by atoms with Gasteiger partial charge in [0.05, 0.1) is 0 Å². The van der Waals surface area contributed by atoms with Crippen molar-refractivity contribution in [1.29, 1.82) is 0 Å². The third kappa shape index (κ3) is 4.43. The Morgan fingerprint density at radius 3 is 2.42 bits per heavy atom. The Kier molecular flexibility index (Phi) is 5.87. The minimum Gasteiger partial charge on any atom is -0.359 e. The largest absolute Gasteiger partial charge is 0.359 e. The molecule has 0 aliphatic carbocycles. The van der Waals surface area contributed by atoms with Gasteiger partial charge in [0.2, 0.25) is 5.91 Å². The molecule has 2 aromatic carbocycles. The van der Waals surface area contributed by atoms with Crippen molar-refractivity contribution in [3.63, 3.8) is 0 Å². The van der Waals surface area contributed by atoms with Crippen LogP contribution in [0.5, 0.6) is 0 Å². The van der Waals surface area contributed by atoms with Crippen LogP contribution in [0.25, 0.3) is 12.5 Å². The van der Waals surface area contributed by atoms with Crippen molar-refractivity contribution >= 4 is 29.9 Å². The molecule has 33 heavy (non-hydrogen) atoms. The van der Waals surface area contributed by atoms with Gasteiger partial charge in [-0.05, 0) is 50.1 Å². The number of aliphatic imine (C=N–C) groups is 1. The number of pyridine rings is 1. The molecule has 2 heterocycles. The van der Waals surface area contributed by atoms with Gasteiger partial charge in [0.15, 0.2) is 5.84 Å². The molecule has 0 radical (unpaired) electrons. The van der Waals surface area contributed by atoms with E-state index in [0.717, 1.165) is 27.9 Å². The number of amidine groups is 1. The van der Waals surface area contributed by atoms with E-state index in [4.69, 9.17) is 4.84 Å². The van der Waals surface area contributed by atoms with Gasteiger partial charge in [-0.2, -0.15) is 4.99 Å². The highest BCUT2D eigenvalue weighted by molar-refractivity contribution is 6.01. The second-order valence-electron chi connectivity index (χ2n) is 8.23. The summed E-state index contributed by atoms with van der Waals surface area (Å²) in [6.45, 7) is 11.5. The number of hydrogen-bond acceptors (Lipinski definition) is 5. The average molecular weight is 443 g/mol. The molecule has 1 aromatic heterocycles. The number of hydroxylamine groups is 1. The van der Waals surface area contributed by atoms with Gasteiger partial charge in [-0.15, -0.1) is 0 Å². The van der Waals surface area contributed by atoms with Crippen LogP contribution < -0.4 is 26.8 Å². The zero-order valence-electron chi connectivity index (χ0n) is 19.2. The Labute approximate surface area is 191 Å². The molecule has 0 unspecified atom stereocenters. The van der Waals surface area contributed by atoms with Crippen molar-refractivity contribution in [2.45, 2.75) is 34.2 Å². The number of carbonyl (C=O) groups is 1. The van der Waals surface area contributed by atoms with Crippen LogP contribution >= 0.6 is 0 Å². The smallest absolute Gasteiger partial charge is 0.264 e. The van der Waals surface area contributed by atoms with E-state index in [1.54, 1.807) is 13.0 Å². The van der Waals surface area contributed by atoms with E-state index in [2.05, 4.69) is 22.4 Å². The molecule has 3 aromatic rings. The first kappa shape index (κ1) is 22.1.